The van der Waals surface area contributed by atoms with Gasteiger partial charge in [0.2, 0.25) is 0 Å². The zero-order valence-corrected chi connectivity index (χ0v) is 7.76. The average molecular weight is 165 g/mol. The highest BCUT2D eigenvalue weighted by molar-refractivity contribution is 5.09. The standard InChI is InChI=1S/C11H19N/c12-7-11-5-1-2-10(11)8-3-4-9(11)6-8/h8-10H,1-7,12H2/t8-,9-,10-,11+/m0/s1. The maximum absolute atomic E-state index is 6.00. The molecule has 0 heterocycles. The summed E-state index contributed by atoms with van der Waals surface area (Å²) in [6.45, 7) is 0.985. The second kappa shape index (κ2) is 2.25. The van der Waals surface area contributed by atoms with Crippen LogP contribution in [0.5, 0.6) is 0 Å². The number of nitrogens with two attached hydrogens (primary N) is 1. The van der Waals surface area contributed by atoms with Gasteiger partial charge in [0.25, 0.3) is 0 Å². The van der Waals surface area contributed by atoms with Crippen LogP contribution in [-0.4, -0.2) is 6.54 Å². The van der Waals surface area contributed by atoms with Crippen LogP contribution in [0.3, 0.4) is 0 Å². The van der Waals surface area contributed by atoms with Crippen molar-refractivity contribution in [3.63, 3.8) is 0 Å². The van der Waals surface area contributed by atoms with Gasteiger partial charge in [-0.05, 0) is 61.8 Å². The van der Waals surface area contributed by atoms with Gasteiger partial charge >= 0.3 is 0 Å². The van der Waals surface area contributed by atoms with Crippen molar-refractivity contribution in [3.8, 4) is 0 Å². The monoisotopic (exact) mass is 165 g/mol. The molecule has 0 aliphatic heterocycles. The topological polar surface area (TPSA) is 26.0 Å². The van der Waals surface area contributed by atoms with Crippen LogP contribution in [0, 0.1) is 23.2 Å². The van der Waals surface area contributed by atoms with Gasteiger partial charge in [-0.3, -0.25) is 0 Å². The fourth-order valence-corrected chi connectivity index (χ4v) is 4.66. The van der Waals surface area contributed by atoms with Crippen LogP contribution in [0.25, 0.3) is 0 Å². The summed E-state index contributed by atoms with van der Waals surface area (Å²) in [5, 5.41) is 0. The molecule has 0 amide bonds. The third kappa shape index (κ3) is 0.654. The lowest BCUT2D eigenvalue weighted by Crippen LogP contribution is -2.39. The van der Waals surface area contributed by atoms with Crippen LogP contribution >= 0.6 is 0 Å². The smallest absolute Gasteiger partial charge is 0.00151 e. The maximum Gasteiger partial charge on any atom is -0.00151 e. The minimum absolute atomic E-state index is 0.642. The number of hydrogen-bond acceptors (Lipinski definition) is 1. The molecule has 2 bridgehead atoms. The van der Waals surface area contributed by atoms with E-state index in [1.165, 1.54) is 38.5 Å². The van der Waals surface area contributed by atoms with Gasteiger partial charge in [-0.2, -0.15) is 0 Å². The Morgan fingerprint density at radius 2 is 2.17 bits per heavy atom. The van der Waals surface area contributed by atoms with Crippen molar-refractivity contribution in [2.24, 2.45) is 28.9 Å². The summed E-state index contributed by atoms with van der Waals surface area (Å²) in [4.78, 5) is 0. The molecule has 12 heavy (non-hydrogen) atoms. The van der Waals surface area contributed by atoms with Crippen LogP contribution in [0.1, 0.15) is 38.5 Å². The number of hydrogen-bond donors (Lipinski definition) is 1. The number of rotatable bonds is 1. The van der Waals surface area contributed by atoms with Crippen LogP contribution < -0.4 is 5.73 Å². The predicted molar refractivity (Wildman–Crippen MR) is 49.7 cm³/mol. The molecule has 4 atom stereocenters. The largest absolute Gasteiger partial charge is 0.330 e. The Balaban J connectivity index is 1.98. The molecule has 3 aliphatic rings. The Labute approximate surface area is 74.7 Å². The molecule has 3 rings (SSSR count). The zero-order chi connectivity index (χ0) is 8.18. The van der Waals surface area contributed by atoms with Crippen LogP contribution in [0.4, 0.5) is 0 Å². The summed E-state index contributed by atoms with van der Waals surface area (Å²) in [7, 11) is 0. The van der Waals surface area contributed by atoms with E-state index in [2.05, 4.69) is 0 Å². The van der Waals surface area contributed by atoms with E-state index < -0.39 is 0 Å². The van der Waals surface area contributed by atoms with Gasteiger partial charge in [0.15, 0.2) is 0 Å². The summed E-state index contributed by atoms with van der Waals surface area (Å²) >= 11 is 0. The Kier molecular flexibility index (Phi) is 1.39. The average Bonchev–Trinajstić information content (AvgIpc) is 2.76. The summed E-state index contributed by atoms with van der Waals surface area (Å²) in [5.41, 5.74) is 6.64. The van der Waals surface area contributed by atoms with Crippen molar-refractivity contribution in [1.29, 1.82) is 0 Å². The first-order valence-electron chi connectivity index (χ1n) is 5.57. The Bertz CT molecular complexity index is 201. The number of fused-ring (bicyclic) bond motifs is 5. The molecule has 3 saturated carbocycles. The summed E-state index contributed by atoms with van der Waals surface area (Å²) < 4.78 is 0. The zero-order valence-electron chi connectivity index (χ0n) is 7.76. The molecule has 68 valence electrons. The fraction of sp³-hybridized carbons (Fsp3) is 1.00. The van der Waals surface area contributed by atoms with Crippen molar-refractivity contribution in [2.75, 3.05) is 6.54 Å². The molecule has 1 nitrogen and oxygen atoms in total. The highest BCUT2D eigenvalue weighted by Crippen LogP contribution is 2.65. The van der Waals surface area contributed by atoms with E-state index in [9.17, 15) is 0 Å². The van der Waals surface area contributed by atoms with E-state index in [1.54, 1.807) is 0 Å². The molecule has 3 fully saturated rings. The minimum Gasteiger partial charge on any atom is -0.330 e. The molecule has 0 unspecified atom stereocenters. The molecule has 2 N–H and O–H groups in total. The predicted octanol–water partition coefficient (Wildman–Crippen LogP) is 2.16. The molecule has 0 saturated heterocycles. The van der Waals surface area contributed by atoms with E-state index in [4.69, 9.17) is 5.73 Å². The first-order chi connectivity index (χ1) is 5.87. The molecule has 0 aromatic carbocycles. The van der Waals surface area contributed by atoms with Gasteiger partial charge in [-0.15, -0.1) is 0 Å². The molecule has 1 heteroatoms. The normalized spacial score (nSPS) is 56.2. The fourth-order valence-electron chi connectivity index (χ4n) is 4.66. The van der Waals surface area contributed by atoms with E-state index in [-0.39, 0.29) is 0 Å². The molecule has 0 radical (unpaired) electrons. The van der Waals surface area contributed by atoms with Crippen molar-refractivity contribution < 1.29 is 0 Å². The second-order valence-electron chi connectivity index (χ2n) is 5.21. The van der Waals surface area contributed by atoms with E-state index >= 15 is 0 Å². The Morgan fingerprint density at radius 3 is 2.92 bits per heavy atom. The van der Waals surface area contributed by atoms with Gasteiger partial charge < -0.3 is 5.73 Å². The van der Waals surface area contributed by atoms with Gasteiger partial charge in [0.05, 0.1) is 0 Å². The maximum atomic E-state index is 6.00. The van der Waals surface area contributed by atoms with Crippen molar-refractivity contribution in [3.05, 3.63) is 0 Å². The SMILES string of the molecule is NC[C@@]12CCC[C@H]1[C@H]1CC[C@H]2C1. The second-order valence-corrected chi connectivity index (χ2v) is 5.21. The molecular formula is C11H19N. The molecule has 0 spiro atoms. The highest BCUT2D eigenvalue weighted by atomic mass is 14.7. The quantitative estimate of drug-likeness (QED) is 0.633. The lowest BCUT2D eigenvalue weighted by molar-refractivity contribution is 0.121. The van der Waals surface area contributed by atoms with Crippen LogP contribution in [0.2, 0.25) is 0 Å². The van der Waals surface area contributed by atoms with E-state index in [1.807, 2.05) is 0 Å². The van der Waals surface area contributed by atoms with E-state index in [0.29, 0.717) is 5.41 Å². The first-order valence-corrected chi connectivity index (χ1v) is 5.57. The third-order valence-electron chi connectivity index (χ3n) is 5.13. The first kappa shape index (κ1) is 7.37. The summed E-state index contributed by atoms with van der Waals surface area (Å²) in [6, 6.07) is 0. The van der Waals surface area contributed by atoms with Gasteiger partial charge in [-0.1, -0.05) is 6.42 Å². The Hall–Kier alpha value is -0.0400. The highest BCUT2D eigenvalue weighted by Gasteiger charge is 2.58. The third-order valence-corrected chi connectivity index (χ3v) is 5.13. The lowest BCUT2D eigenvalue weighted by Gasteiger charge is -2.38. The summed E-state index contributed by atoms with van der Waals surface area (Å²) in [5.74, 6) is 3.15. The minimum atomic E-state index is 0.642. The summed E-state index contributed by atoms with van der Waals surface area (Å²) in [6.07, 6.45) is 8.97. The molecule has 0 aromatic rings. The van der Waals surface area contributed by atoms with Crippen molar-refractivity contribution in [1.82, 2.24) is 0 Å². The van der Waals surface area contributed by atoms with Crippen LogP contribution in [-0.2, 0) is 0 Å². The van der Waals surface area contributed by atoms with Crippen molar-refractivity contribution >= 4 is 0 Å². The van der Waals surface area contributed by atoms with Gasteiger partial charge in [0, 0.05) is 0 Å². The Morgan fingerprint density at radius 1 is 1.25 bits per heavy atom. The molecule has 3 aliphatic carbocycles. The van der Waals surface area contributed by atoms with E-state index in [0.717, 1.165) is 24.3 Å². The lowest BCUT2D eigenvalue weighted by atomic mass is 9.68. The van der Waals surface area contributed by atoms with Gasteiger partial charge in [0.1, 0.15) is 0 Å². The molecular weight excluding hydrogens is 146 g/mol. The molecule has 0 aromatic heterocycles. The van der Waals surface area contributed by atoms with Crippen LogP contribution in [0.15, 0.2) is 0 Å². The van der Waals surface area contributed by atoms with Crippen molar-refractivity contribution in [2.45, 2.75) is 38.5 Å². The van der Waals surface area contributed by atoms with Gasteiger partial charge in [-0.25, -0.2) is 0 Å².